The number of rotatable bonds is 3. The molecular weight excluding hydrogens is 252 g/mol. The van der Waals surface area contributed by atoms with Gasteiger partial charge < -0.3 is 9.80 Å². The van der Waals surface area contributed by atoms with Gasteiger partial charge in [0.1, 0.15) is 0 Å². The van der Waals surface area contributed by atoms with Crippen molar-refractivity contribution in [3.8, 4) is 0 Å². The molecule has 0 bridgehead atoms. The molecule has 0 aliphatic carbocycles. The highest BCUT2D eigenvalue weighted by Gasteiger charge is 2.39. The summed E-state index contributed by atoms with van der Waals surface area (Å²) in [5, 5.41) is 0. The number of anilines is 1. The fourth-order valence-electron chi connectivity index (χ4n) is 2.81. The van der Waals surface area contributed by atoms with E-state index in [9.17, 15) is 9.59 Å². The maximum absolute atomic E-state index is 11.8. The van der Waals surface area contributed by atoms with Crippen molar-refractivity contribution in [3.05, 3.63) is 29.8 Å². The second kappa shape index (κ2) is 5.27. The smallest absolute Gasteiger partial charge is 0.223 e. The highest BCUT2D eigenvalue weighted by Crippen LogP contribution is 2.42. The standard InChI is InChI=1S/C16H22N2O2/c1-12(19)17(4)10-9-16(3)11-18(13(2)20)15-8-6-5-7-14(15)16/h5-8H,9-11H2,1-4H3. The number of benzene rings is 1. The molecule has 0 aromatic heterocycles. The third-order valence-corrected chi connectivity index (χ3v) is 4.27. The van der Waals surface area contributed by atoms with E-state index in [1.54, 1.807) is 18.7 Å². The predicted octanol–water partition coefficient (Wildman–Crippen LogP) is 2.18. The Labute approximate surface area is 120 Å². The number of hydrogen-bond acceptors (Lipinski definition) is 2. The van der Waals surface area contributed by atoms with Gasteiger partial charge in [0.05, 0.1) is 0 Å². The highest BCUT2D eigenvalue weighted by atomic mass is 16.2. The van der Waals surface area contributed by atoms with Crippen LogP contribution >= 0.6 is 0 Å². The molecule has 4 heteroatoms. The van der Waals surface area contributed by atoms with E-state index in [1.807, 2.05) is 30.1 Å². The third kappa shape index (κ3) is 2.55. The van der Waals surface area contributed by atoms with E-state index in [1.165, 1.54) is 5.56 Å². The van der Waals surface area contributed by atoms with Crippen LogP contribution in [0.5, 0.6) is 0 Å². The molecule has 1 aromatic carbocycles. The summed E-state index contributed by atoms with van der Waals surface area (Å²) in [5.41, 5.74) is 2.12. The van der Waals surface area contributed by atoms with E-state index in [-0.39, 0.29) is 17.2 Å². The van der Waals surface area contributed by atoms with Crippen molar-refractivity contribution in [1.82, 2.24) is 4.90 Å². The van der Waals surface area contributed by atoms with E-state index in [2.05, 4.69) is 13.0 Å². The largest absolute Gasteiger partial charge is 0.346 e. The topological polar surface area (TPSA) is 40.6 Å². The van der Waals surface area contributed by atoms with Gasteiger partial charge in [0.2, 0.25) is 11.8 Å². The zero-order valence-corrected chi connectivity index (χ0v) is 12.6. The number of para-hydroxylation sites is 1. The Kier molecular flexibility index (Phi) is 3.84. The lowest BCUT2D eigenvalue weighted by Crippen LogP contribution is -2.37. The van der Waals surface area contributed by atoms with Gasteiger partial charge in [0.15, 0.2) is 0 Å². The van der Waals surface area contributed by atoms with Crippen LogP contribution in [0.3, 0.4) is 0 Å². The van der Waals surface area contributed by atoms with Crippen molar-refractivity contribution in [2.75, 3.05) is 25.0 Å². The summed E-state index contributed by atoms with van der Waals surface area (Å²) in [4.78, 5) is 26.7. The second-order valence-corrected chi connectivity index (χ2v) is 5.87. The molecule has 0 N–H and O–H groups in total. The Bertz CT molecular complexity index is 541. The van der Waals surface area contributed by atoms with Crippen LogP contribution in [0.25, 0.3) is 0 Å². The lowest BCUT2D eigenvalue weighted by molar-refractivity contribution is -0.127. The summed E-state index contributed by atoms with van der Waals surface area (Å²) >= 11 is 0. The molecule has 0 saturated carbocycles. The Morgan fingerprint density at radius 3 is 2.55 bits per heavy atom. The normalized spacial score (nSPS) is 20.7. The molecule has 0 spiro atoms. The fourth-order valence-corrected chi connectivity index (χ4v) is 2.81. The van der Waals surface area contributed by atoms with E-state index >= 15 is 0 Å². The number of hydrogen-bond donors (Lipinski definition) is 0. The Hall–Kier alpha value is -1.84. The summed E-state index contributed by atoms with van der Waals surface area (Å²) in [7, 11) is 1.81. The second-order valence-electron chi connectivity index (χ2n) is 5.87. The van der Waals surface area contributed by atoms with E-state index in [0.29, 0.717) is 13.1 Å². The first kappa shape index (κ1) is 14.6. The molecular formula is C16H22N2O2. The highest BCUT2D eigenvalue weighted by molar-refractivity contribution is 5.94. The zero-order valence-electron chi connectivity index (χ0n) is 12.6. The van der Waals surface area contributed by atoms with Gasteiger partial charge >= 0.3 is 0 Å². The maximum atomic E-state index is 11.8. The zero-order chi connectivity index (χ0) is 14.9. The number of carbonyl (C=O) groups excluding carboxylic acids is 2. The van der Waals surface area contributed by atoms with Crippen molar-refractivity contribution in [2.45, 2.75) is 32.6 Å². The van der Waals surface area contributed by atoms with Crippen LogP contribution in [-0.4, -0.2) is 36.9 Å². The quantitative estimate of drug-likeness (QED) is 0.847. The molecule has 2 amide bonds. The average Bonchev–Trinajstić information content (AvgIpc) is 2.71. The van der Waals surface area contributed by atoms with Gasteiger partial charge in [-0.05, 0) is 18.1 Å². The molecule has 4 nitrogen and oxygen atoms in total. The van der Waals surface area contributed by atoms with Crippen molar-refractivity contribution in [1.29, 1.82) is 0 Å². The molecule has 0 radical (unpaired) electrons. The van der Waals surface area contributed by atoms with Crippen LogP contribution in [0.15, 0.2) is 24.3 Å². The van der Waals surface area contributed by atoms with Crippen molar-refractivity contribution in [3.63, 3.8) is 0 Å². The van der Waals surface area contributed by atoms with Gasteiger partial charge in [-0.15, -0.1) is 0 Å². The lowest BCUT2D eigenvalue weighted by Gasteiger charge is -2.28. The van der Waals surface area contributed by atoms with Crippen LogP contribution in [0.2, 0.25) is 0 Å². The van der Waals surface area contributed by atoms with Crippen LogP contribution in [0.1, 0.15) is 32.8 Å². The minimum atomic E-state index is -0.0913. The summed E-state index contributed by atoms with van der Waals surface area (Å²) < 4.78 is 0. The molecule has 0 fully saturated rings. The predicted molar refractivity (Wildman–Crippen MR) is 79.7 cm³/mol. The first-order valence-corrected chi connectivity index (χ1v) is 6.94. The van der Waals surface area contributed by atoms with Crippen LogP contribution in [0, 0.1) is 0 Å². The monoisotopic (exact) mass is 274 g/mol. The molecule has 2 rings (SSSR count). The first-order chi connectivity index (χ1) is 9.35. The Balaban J connectivity index is 2.24. The minimum absolute atomic E-state index is 0.0705. The summed E-state index contributed by atoms with van der Waals surface area (Å²) in [6, 6.07) is 8.06. The maximum Gasteiger partial charge on any atom is 0.223 e. The van der Waals surface area contributed by atoms with Gasteiger partial charge in [0.25, 0.3) is 0 Å². The third-order valence-electron chi connectivity index (χ3n) is 4.27. The summed E-state index contributed by atoms with van der Waals surface area (Å²) in [6.45, 7) is 6.74. The van der Waals surface area contributed by atoms with Crippen molar-refractivity contribution < 1.29 is 9.59 Å². The van der Waals surface area contributed by atoms with Crippen LogP contribution in [-0.2, 0) is 15.0 Å². The van der Waals surface area contributed by atoms with Crippen LogP contribution < -0.4 is 4.90 Å². The number of fused-ring (bicyclic) bond motifs is 1. The number of amides is 2. The molecule has 1 aromatic rings. The molecule has 1 atom stereocenters. The van der Waals surface area contributed by atoms with Gasteiger partial charge in [-0.25, -0.2) is 0 Å². The van der Waals surface area contributed by atoms with E-state index < -0.39 is 0 Å². The van der Waals surface area contributed by atoms with E-state index in [4.69, 9.17) is 0 Å². The molecule has 0 saturated heterocycles. The molecule has 1 aliphatic rings. The van der Waals surface area contributed by atoms with Gasteiger partial charge in [-0.1, -0.05) is 25.1 Å². The van der Waals surface area contributed by atoms with Gasteiger partial charge in [0, 0.05) is 45.1 Å². The minimum Gasteiger partial charge on any atom is -0.346 e. The first-order valence-electron chi connectivity index (χ1n) is 6.94. The number of nitrogens with zero attached hydrogens (tertiary/aromatic N) is 2. The molecule has 1 unspecified atom stereocenters. The van der Waals surface area contributed by atoms with Gasteiger partial charge in [-0.2, -0.15) is 0 Å². The Morgan fingerprint density at radius 1 is 1.30 bits per heavy atom. The Morgan fingerprint density at radius 2 is 1.95 bits per heavy atom. The summed E-state index contributed by atoms with van der Waals surface area (Å²) in [5.74, 6) is 0.143. The molecule has 1 aliphatic heterocycles. The van der Waals surface area contributed by atoms with Crippen LogP contribution in [0.4, 0.5) is 5.69 Å². The molecule has 1 heterocycles. The SMILES string of the molecule is CC(=O)N(C)CCC1(C)CN(C(C)=O)c2ccccc21. The van der Waals surface area contributed by atoms with E-state index in [0.717, 1.165) is 12.1 Å². The fraction of sp³-hybridized carbons (Fsp3) is 0.500. The number of carbonyl (C=O) groups is 2. The average molecular weight is 274 g/mol. The summed E-state index contributed by atoms with van der Waals surface area (Å²) in [6.07, 6.45) is 0.851. The van der Waals surface area contributed by atoms with Gasteiger partial charge in [-0.3, -0.25) is 9.59 Å². The molecule has 108 valence electrons. The van der Waals surface area contributed by atoms with Crippen molar-refractivity contribution >= 4 is 17.5 Å². The van der Waals surface area contributed by atoms with Crippen molar-refractivity contribution in [2.24, 2.45) is 0 Å². The lowest BCUT2D eigenvalue weighted by atomic mass is 9.81. The molecule has 20 heavy (non-hydrogen) atoms.